The number of piperazine rings is 1. The topological polar surface area (TPSA) is 27.5 Å². The van der Waals surface area contributed by atoms with Crippen molar-refractivity contribution < 1.29 is 0 Å². The third kappa shape index (κ3) is 3.65. The molecule has 0 aromatic carbocycles. The first kappa shape index (κ1) is 15.0. The van der Waals surface area contributed by atoms with Gasteiger partial charge in [-0.05, 0) is 27.3 Å². The maximum absolute atomic E-state index is 4.45. The van der Waals surface area contributed by atoms with Crippen molar-refractivity contribution in [3.8, 4) is 0 Å². The summed E-state index contributed by atoms with van der Waals surface area (Å²) in [5.74, 6) is 0. The number of likely N-dealkylation sites (tertiary alicyclic amines) is 1. The average molecular weight is 291 g/mol. The summed E-state index contributed by atoms with van der Waals surface area (Å²) in [6.07, 6.45) is 5.55. The molecular weight excluding hydrogens is 262 g/mol. The molecule has 2 fully saturated rings. The van der Waals surface area contributed by atoms with Crippen LogP contribution in [0, 0.1) is 0 Å². The number of aromatic nitrogens is 2. The SMILES string of the molecule is CC(C)n1cc(CN2CC[C@H](N3CCN(C)CC3)C2)cn1. The molecular formula is C16H29N5. The first-order valence-corrected chi connectivity index (χ1v) is 8.30. The second-order valence-corrected chi connectivity index (χ2v) is 6.94. The quantitative estimate of drug-likeness (QED) is 0.835. The zero-order valence-electron chi connectivity index (χ0n) is 13.7. The molecule has 3 rings (SSSR count). The molecule has 0 radical (unpaired) electrons. The van der Waals surface area contributed by atoms with Gasteiger partial charge in [-0.15, -0.1) is 0 Å². The van der Waals surface area contributed by atoms with Gasteiger partial charge < -0.3 is 4.90 Å². The molecule has 0 aliphatic carbocycles. The molecule has 1 aromatic rings. The fraction of sp³-hybridized carbons (Fsp3) is 0.812. The summed E-state index contributed by atoms with van der Waals surface area (Å²) in [6.45, 7) is 12.8. The van der Waals surface area contributed by atoms with Crippen LogP contribution in [-0.2, 0) is 6.54 Å². The van der Waals surface area contributed by atoms with Gasteiger partial charge in [-0.3, -0.25) is 14.5 Å². The molecule has 0 bridgehead atoms. The molecule has 1 atom stereocenters. The van der Waals surface area contributed by atoms with E-state index in [-0.39, 0.29) is 0 Å². The van der Waals surface area contributed by atoms with E-state index in [4.69, 9.17) is 0 Å². The lowest BCUT2D eigenvalue weighted by molar-refractivity contribution is 0.112. The van der Waals surface area contributed by atoms with E-state index in [2.05, 4.69) is 51.6 Å². The third-order valence-corrected chi connectivity index (χ3v) is 4.89. The molecule has 0 spiro atoms. The highest BCUT2D eigenvalue weighted by Crippen LogP contribution is 2.19. The lowest BCUT2D eigenvalue weighted by Crippen LogP contribution is -2.49. The number of rotatable bonds is 4. The fourth-order valence-electron chi connectivity index (χ4n) is 3.44. The van der Waals surface area contributed by atoms with Crippen LogP contribution in [0.2, 0.25) is 0 Å². The minimum absolute atomic E-state index is 0.454. The Bertz CT molecular complexity index is 447. The maximum Gasteiger partial charge on any atom is 0.0534 e. The van der Waals surface area contributed by atoms with Crippen molar-refractivity contribution in [3.63, 3.8) is 0 Å². The summed E-state index contributed by atoms with van der Waals surface area (Å²) >= 11 is 0. The Labute approximate surface area is 128 Å². The van der Waals surface area contributed by atoms with Crippen LogP contribution in [0.5, 0.6) is 0 Å². The van der Waals surface area contributed by atoms with Crippen LogP contribution in [0.3, 0.4) is 0 Å². The summed E-state index contributed by atoms with van der Waals surface area (Å²) in [7, 11) is 2.23. The van der Waals surface area contributed by atoms with Gasteiger partial charge in [0.15, 0.2) is 0 Å². The van der Waals surface area contributed by atoms with E-state index in [1.54, 1.807) is 0 Å². The number of likely N-dealkylation sites (N-methyl/N-ethyl adjacent to an activating group) is 1. The summed E-state index contributed by atoms with van der Waals surface area (Å²) < 4.78 is 2.06. The van der Waals surface area contributed by atoms with Crippen LogP contribution >= 0.6 is 0 Å². The summed E-state index contributed by atoms with van der Waals surface area (Å²) in [5, 5.41) is 4.45. The average Bonchev–Trinajstić information content (AvgIpc) is 3.10. The highest BCUT2D eigenvalue weighted by Gasteiger charge is 2.29. The molecule has 5 nitrogen and oxygen atoms in total. The van der Waals surface area contributed by atoms with E-state index in [1.165, 1.54) is 51.3 Å². The van der Waals surface area contributed by atoms with Gasteiger partial charge in [0, 0.05) is 69.7 Å². The van der Waals surface area contributed by atoms with Crippen LogP contribution in [0.15, 0.2) is 12.4 Å². The van der Waals surface area contributed by atoms with Gasteiger partial charge in [-0.2, -0.15) is 5.10 Å². The molecule has 1 aromatic heterocycles. The predicted octanol–water partition coefficient (Wildman–Crippen LogP) is 1.29. The van der Waals surface area contributed by atoms with E-state index in [9.17, 15) is 0 Å². The summed E-state index contributed by atoms with van der Waals surface area (Å²) in [5.41, 5.74) is 1.35. The predicted molar refractivity (Wildman–Crippen MR) is 85.4 cm³/mol. The van der Waals surface area contributed by atoms with E-state index in [0.717, 1.165) is 12.6 Å². The Hall–Kier alpha value is -0.910. The van der Waals surface area contributed by atoms with E-state index in [1.807, 2.05) is 6.20 Å². The highest BCUT2D eigenvalue weighted by molar-refractivity contribution is 5.05. The molecule has 0 unspecified atom stereocenters. The number of hydrogen-bond donors (Lipinski definition) is 0. The van der Waals surface area contributed by atoms with Gasteiger partial charge in [0.2, 0.25) is 0 Å². The van der Waals surface area contributed by atoms with Gasteiger partial charge in [-0.25, -0.2) is 0 Å². The molecule has 0 N–H and O–H groups in total. The van der Waals surface area contributed by atoms with Crippen molar-refractivity contribution in [2.45, 2.75) is 38.9 Å². The Kier molecular flexibility index (Phi) is 4.62. The highest BCUT2D eigenvalue weighted by atomic mass is 15.3. The smallest absolute Gasteiger partial charge is 0.0534 e. The normalized spacial score (nSPS) is 26.0. The lowest BCUT2D eigenvalue weighted by atomic mass is 10.2. The monoisotopic (exact) mass is 291 g/mol. The third-order valence-electron chi connectivity index (χ3n) is 4.89. The van der Waals surface area contributed by atoms with E-state index < -0.39 is 0 Å². The van der Waals surface area contributed by atoms with Gasteiger partial charge in [0.25, 0.3) is 0 Å². The molecule has 2 aliphatic rings. The van der Waals surface area contributed by atoms with Gasteiger partial charge in [0.1, 0.15) is 0 Å². The zero-order valence-corrected chi connectivity index (χ0v) is 13.7. The lowest BCUT2D eigenvalue weighted by Gasteiger charge is -2.36. The second kappa shape index (κ2) is 6.46. The van der Waals surface area contributed by atoms with Crippen molar-refractivity contribution in [2.75, 3.05) is 46.3 Å². The van der Waals surface area contributed by atoms with Crippen molar-refractivity contribution in [2.24, 2.45) is 0 Å². The molecule has 0 saturated carbocycles. The fourth-order valence-corrected chi connectivity index (χ4v) is 3.44. The molecule has 21 heavy (non-hydrogen) atoms. The first-order chi connectivity index (χ1) is 10.1. The summed E-state index contributed by atoms with van der Waals surface area (Å²) in [4.78, 5) is 7.71. The number of nitrogens with zero attached hydrogens (tertiary/aromatic N) is 5. The second-order valence-electron chi connectivity index (χ2n) is 6.94. The molecule has 5 heteroatoms. The Morgan fingerprint density at radius 3 is 2.62 bits per heavy atom. The van der Waals surface area contributed by atoms with Crippen LogP contribution in [-0.4, -0.2) is 76.8 Å². The molecule has 2 saturated heterocycles. The van der Waals surface area contributed by atoms with E-state index >= 15 is 0 Å². The van der Waals surface area contributed by atoms with Crippen LogP contribution in [0.25, 0.3) is 0 Å². The van der Waals surface area contributed by atoms with Crippen molar-refractivity contribution >= 4 is 0 Å². The van der Waals surface area contributed by atoms with Gasteiger partial charge in [0.05, 0.1) is 6.20 Å². The Morgan fingerprint density at radius 1 is 1.19 bits per heavy atom. The molecule has 2 aliphatic heterocycles. The number of hydrogen-bond acceptors (Lipinski definition) is 4. The molecule has 118 valence electrons. The zero-order chi connectivity index (χ0) is 14.8. The van der Waals surface area contributed by atoms with Crippen LogP contribution < -0.4 is 0 Å². The van der Waals surface area contributed by atoms with Gasteiger partial charge in [-0.1, -0.05) is 0 Å². The van der Waals surface area contributed by atoms with Crippen molar-refractivity contribution in [1.29, 1.82) is 0 Å². The first-order valence-electron chi connectivity index (χ1n) is 8.30. The summed E-state index contributed by atoms with van der Waals surface area (Å²) in [6, 6.07) is 1.22. The van der Waals surface area contributed by atoms with Crippen LogP contribution in [0.4, 0.5) is 0 Å². The molecule has 0 amide bonds. The van der Waals surface area contributed by atoms with Crippen molar-refractivity contribution in [1.82, 2.24) is 24.5 Å². The Morgan fingerprint density at radius 2 is 1.95 bits per heavy atom. The minimum Gasteiger partial charge on any atom is -0.304 e. The minimum atomic E-state index is 0.454. The van der Waals surface area contributed by atoms with E-state index in [0.29, 0.717) is 6.04 Å². The molecule has 3 heterocycles. The van der Waals surface area contributed by atoms with Gasteiger partial charge >= 0.3 is 0 Å². The van der Waals surface area contributed by atoms with Crippen LogP contribution in [0.1, 0.15) is 31.9 Å². The standard InChI is InChI=1S/C16H29N5/c1-14(2)21-12-15(10-17-21)11-19-5-4-16(13-19)20-8-6-18(3)7-9-20/h10,12,14,16H,4-9,11,13H2,1-3H3/t16-/m0/s1. The van der Waals surface area contributed by atoms with Crippen molar-refractivity contribution in [3.05, 3.63) is 18.0 Å². The Balaban J connectivity index is 1.50. The largest absolute Gasteiger partial charge is 0.304 e. The maximum atomic E-state index is 4.45.